The smallest absolute Gasteiger partial charge is 0.151 e. The van der Waals surface area contributed by atoms with Crippen molar-refractivity contribution in [2.24, 2.45) is 0 Å². The van der Waals surface area contributed by atoms with Gasteiger partial charge in [0.05, 0.1) is 10.6 Å². The van der Waals surface area contributed by atoms with E-state index < -0.39 is 20.5 Å². The second kappa shape index (κ2) is 4.76. The van der Waals surface area contributed by atoms with Crippen molar-refractivity contribution in [2.75, 3.05) is 6.26 Å². The highest BCUT2D eigenvalue weighted by atomic mass is 35.5. The van der Waals surface area contributed by atoms with Gasteiger partial charge in [-0.3, -0.25) is 0 Å². The van der Waals surface area contributed by atoms with E-state index in [4.69, 9.17) is 11.6 Å². The van der Waals surface area contributed by atoms with E-state index >= 15 is 0 Å². The number of benzene rings is 1. The number of hydrogen-bond donors (Lipinski definition) is 0. The zero-order valence-corrected chi connectivity index (χ0v) is 11.6. The van der Waals surface area contributed by atoms with Crippen LogP contribution in [0.2, 0.25) is 0 Å². The first-order chi connectivity index (χ1) is 7.23. The standard InChI is InChI=1S/C12H17ClO2S/c1-8-5-6-11(9(2)7-8)12(13)10(3)16(4,14)15/h5-7,10,12H,1-4H3. The minimum atomic E-state index is -3.11. The van der Waals surface area contributed by atoms with Gasteiger partial charge in [-0.05, 0) is 31.9 Å². The first kappa shape index (κ1) is 13.5. The van der Waals surface area contributed by atoms with Crippen LogP contribution in [0.15, 0.2) is 18.2 Å². The lowest BCUT2D eigenvalue weighted by molar-refractivity contribution is 0.587. The molecular formula is C12H17ClO2S. The van der Waals surface area contributed by atoms with Gasteiger partial charge in [0.15, 0.2) is 9.84 Å². The van der Waals surface area contributed by atoms with Crippen LogP contribution < -0.4 is 0 Å². The summed E-state index contributed by atoms with van der Waals surface area (Å²) in [5.41, 5.74) is 3.08. The molecule has 2 nitrogen and oxygen atoms in total. The van der Waals surface area contributed by atoms with Gasteiger partial charge in [-0.1, -0.05) is 23.8 Å². The molecule has 0 aromatic heterocycles. The third-order valence-corrected chi connectivity index (χ3v) is 5.20. The molecule has 0 saturated heterocycles. The fraction of sp³-hybridized carbons (Fsp3) is 0.500. The Morgan fingerprint density at radius 1 is 1.25 bits per heavy atom. The van der Waals surface area contributed by atoms with Gasteiger partial charge in [0.2, 0.25) is 0 Å². The molecular weight excluding hydrogens is 244 g/mol. The molecule has 90 valence electrons. The van der Waals surface area contributed by atoms with Gasteiger partial charge in [0, 0.05) is 6.26 Å². The van der Waals surface area contributed by atoms with Crippen LogP contribution in [0.5, 0.6) is 0 Å². The first-order valence-electron chi connectivity index (χ1n) is 5.13. The van der Waals surface area contributed by atoms with E-state index in [1.165, 1.54) is 6.26 Å². The number of hydrogen-bond acceptors (Lipinski definition) is 2. The van der Waals surface area contributed by atoms with Crippen molar-refractivity contribution in [3.05, 3.63) is 34.9 Å². The Bertz CT molecular complexity index is 480. The molecule has 1 aromatic carbocycles. The van der Waals surface area contributed by atoms with Crippen LogP contribution in [0.1, 0.15) is 29.0 Å². The summed E-state index contributed by atoms with van der Waals surface area (Å²) in [5, 5.41) is -1.06. The van der Waals surface area contributed by atoms with Gasteiger partial charge in [-0.2, -0.15) is 0 Å². The molecule has 0 bridgehead atoms. The molecule has 1 rings (SSSR count). The van der Waals surface area contributed by atoms with E-state index in [0.717, 1.165) is 16.7 Å². The molecule has 0 radical (unpaired) electrons. The first-order valence-corrected chi connectivity index (χ1v) is 7.52. The molecule has 0 aliphatic heterocycles. The summed E-state index contributed by atoms with van der Waals surface area (Å²) >= 11 is 6.22. The van der Waals surface area contributed by atoms with Crippen LogP contribution in [0.3, 0.4) is 0 Å². The van der Waals surface area contributed by atoms with E-state index in [1.807, 2.05) is 32.0 Å². The number of aryl methyl sites for hydroxylation is 2. The van der Waals surface area contributed by atoms with Gasteiger partial charge in [0.25, 0.3) is 0 Å². The molecule has 0 N–H and O–H groups in total. The highest BCUT2D eigenvalue weighted by molar-refractivity contribution is 7.91. The highest BCUT2D eigenvalue weighted by Crippen LogP contribution is 2.30. The molecule has 16 heavy (non-hydrogen) atoms. The Labute approximate surface area is 103 Å². The lowest BCUT2D eigenvalue weighted by Gasteiger charge is -2.18. The van der Waals surface area contributed by atoms with Crippen molar-refractivity contribution >= 4 is 21.4 Å². The van der Waals surface area contributed by atoms with E-state index in [1.54, 1.807) is 6.92 Å². The largest absolute Gasteiger partial charge is 0.229 e. The van der Waals surface area contributed by atoms with Crippen molar-refractivity contribution in [2.45, 2.75) is 31.4 Å². The molecule has 2 atom stereocenters. The van der Waals surface area contributed by atoms with Crippen LogP contribution in [0.25, 0.3) is 0 Å². The molecule has 2 unspecified atom stereocenters. The number of sulfone groups is 1. The molecule has 0 amide bonds. The Morgan fingerprint density at radius 3 is 2.25 bits per heavy atom. The number of alkyl halides is 1. The third kappa shape index (κ3) is 2.98. The summed E-state index contributed by atoms with van der Waals surface area (Å²) in [6.45, 7) is 5.60. The number of rotatable bonds is 3. The van der Waals surface area contributed by atoms with Crippen molar-refractivity contribution in [1.29, 1.82) is 0 Å². The number of halogens is 1. The quantitative estimate of drug-likeness (QED) is 0.783. The van der Waals surface area contributed by atoms with Gasteiger partial charge in [-0.25, -0.2) is 8.42 Å². The van der Waals surface area contributed by atoms with Crippen LogP contribution in [-0.2, 0) is 9.84 Å². The summed E-state index contributed by atoms with van der Waals surface area (Å²) in [6, 6.07) is 5.87. The maximum atomic E-state index is 11.4. The average Bonchev–Trinajstić information content (AvgIpc) is 2.14. The fourth-order valence-corrected chi connectivity index (χ4v) is 2.99. The highest BCUT2D eigenvalue weighted by Gasteiger charge is 2.26. The summed E-state index contributed by atoms with van der Waals surface area (Å²) in [7, 11) is -3.11. The van der Waals surface area contributed by atoms with E-state index in [0.29, 0.717) is 0 Å². The summed E-state index contributed by atoms with van der Waals surface area (Å²) in [6.07, 6.45) is 1.22. The molecule has 4 heteroatoms. The van der Waals surface area contributed by atoms with E-state index in [2.05, 4.69) is 0 Å². The van der Waals surface area contributed by atoms with Crippen LogP contribution >= 0.6 is 11.6 Å². The van der Waals surface area contributed by atoms with E-state index in [9.17, 15) is 8.42 Å². The lowest BCUT2D eigenvalue weighted by atomic mass is 10.0. The monoisotopic (exact) mass is 260 g/mol. The van der Waals surface area contributed by atoms with Crippen molar-refractivity contribution < 1.29 is 8.42 Å². The van der Waals surface area contributed by atoms with Crippen LogP contribution in [0, 0.1) is 13.8 Å². The molecule has 0 aliphatic carbocycles. The van der Waals surface area contributed by atoms with Crippen molar-refractivity contribution in [3.63, 3.8) is 0 Å². The van der Waals surface area contributed by atoms with Gasteiger partial charge in [-0.15, -0.1) is 11.6 Å². The second-order valence-corrected chi connectivity index (χ2v) is 7.17. The zero-order valence-electron chi connectivity index (χ0n) is 9.99. The SMILES string of the molecule is Cc1ccc(C(Cl)C(C)S(C)(=O)=O)c(C)c1. The minimum Gasteiger partial charge on any atom is -0.229 e. The summed E-state index contributed by atoms with van der Waals surface area (Å²) in [5.74, 6) is 0. The Kier molecular flexibility index (Phi) is 4.02. The predicted molar refractivity (Wildman–Crippen MR) is 68.8 cm³/mol. The normalized spacial score (nSPS) is 15.8. The Morgan fingerprint density at radius 2 is 1.81 bits per heavy atom. The molecule has 0 saturated carbocycles. The average molecular weight is 261 g/mol. The minimum absolute atomic E-state index is 0.490. The summed E-state index contributed by atoms with van der Waals surface area (Å²) in [4.78, 5) is 0. The van der Waals surface area contributed by atoms with Gasteiger partial charge in [0.1, 0.15) is 0 Å². The molecule has 0 heterocycles. The lowest BCUT2D eigenvalue weighted by Crippen LogP contribution is -2.21. The van der Waals surface area contributed by atoms with Crippen molar-refractivity contribution in [1.82, 2.24) is 0 Å². The molecule has 0 fully saturated rings. The van der Waals surface area contributed by atoms with Gasteiger partial charge >= 0.3 is 0 Å². The fourth-order valence-electron chi connectivity index (χ4n) is 1.60. The summed E-state index contributed by atoms with van der Waals surface area (Å²) < 4.78 is 22.9. The Hall–Kier alpha value is -0.540. The maximum absolute atomic E-state index is 11.4. The maximum Gasteiger partial charge on any atom is 0.151 e. The third-order valence-electron chi connectivity index (χ3n) is 2.81. The molecule has 1 aromatic rings. The second-order valence-electron chi connectivity index (χ2n) is 4.30. The zero-order chi connectivity index (χ0) is 12.5. The predicted octanol–water partition coefficient (Wildman–Crippen LogP) is 3.02. The van der Waals surface area contributed by atoms with E-state index in [-0.39, 0.29) is 0 Å². The molecule has 0 spiro atoms. The topological polar surface area (TPSA) is 34.1 Å². The van der Waals surface area contributed by atoms with Crippen LogP contribution in [-0.4, -0.2) is 19.9 Å². The van der Waals surface area contributed by atoms with Gasteiger partial charge < -0.3 is 0 Å². The van der Waals surface area contributed by atoms with Crippen LogP contribution in [0.4, 0.5) is 0 Å². The van der Waals surface area contributed by atoms with Crippen molar-refractivity contribution in [3.8, 4) is 0 Å². The molecule has 0 aliphatic rings. The Balaban J connectivity index is 3.10.